The van der Waals surface area contributed by atoms with E-state index >= 15 is 0 Å². The summed E-state index contributed by atoms with van der Waals surface area (Å²) in [5.74, 6) is 2.56. The highest BCUT2D eigenvalue weighted by Crippen LogP contribution is 2.11. The van der Waals surface area contributed by atoms with E-state index in [4.69, 9.17) is 12.2 Å². The largest absolute Gasteiger partial charge is 0.323 e. The fourth-order valence-corrected chi connectivity index (χ4v) is 0.978. The Morgan fingerprint density at radius 2 is 2.33 bits per heavy atom. The molecule has 62 valence electrons. The van der Waals surface area contributed by atoms with Crippen LogP contribution in [-0.4, -0.2) is 4.98 Å². The summed E-state index contributed by atoms with van der Waals surface area (Å²) in [6.45, 7) is 3.86. The molecule has 1 atom stereocenters. The Kier molecular flexibility index (Phi) is 2.47. The molecule has 2 heteroatoms. The van der Waals surface area contributed by atoms with Gasteiger partial charge in [0.25, 0.3) is 0 Å². The fraction of sp³-hybridized carbons (Fsp3) is 0.300. The molecule has 0 aliphatic carbocycles. The second kappa shape index (κ2) is 3.38. The molecule has 0 bridgehead atoms. The van der Waals surface area contributed by atoms with E-state index in [2.05, 4.69) is 10.9 Å². The summed E-state index contributed by atoms with van der Waals surface area (Å²) in [5, 5.41) is 0. The molecule has 1 aromatic rings. The molecule has 1 rings (SSSR count). The van der Waals surface area contributed by atoms with Gasteiger partial charge in [0.05, 0.1) is 5.69 Å². The Morgan fingerprint density at radius 1 is 1.67 bits per heavy atom. The van der Waals surface area contributed by atoms with Gasteiger partial charge in [-0.2, -0.15) is 0 Å². The molecule has 0 amide bonds. The molecule has 12 heavy (non-hydrogen) atoms. The number of rotatable bonds is 1. The van der Waals surface area contributed by atoms with Crippen molar-refractivity contribution < 1.29 is 0 Å². The minimum atomic E-state index is -0.0319. The molecule has 0 spiro atoms. The zero-order valence-electron chi connectivity index (χ0n) is 7.33. The van der Waals surface area contributed by atoms with Gasteiger partial charge in [-0.05, 0) is 25.5 Å². The summed E-state index contributed by atoms with van der Waals surface area (Å²) in [6.07, 6.45) is 6.94. The van der Waals surface area contributed by atoms with Crippen molar-refractivity contribution in [2.24, 2.45) is 5.73 Å². The molecule has 0 fully saturated rings. The summed E-state index contributed by atoms with van der Waals surface area (Å²) < 4.78 is 0. The van der Waals surface area contributed by atoms with Crippen LogP contribution >= 0.6 is 0 Å². The fourth-order valence-electron chi connectivity index (χ4n) is 0.978. The highest BCUT2D eigenvalue weighted by atomic mass is 14.8. The number of terminal acetylenes is 1. The minimum absolute atomic E-state index is 0.0319. The summed E-state index contributed by atoms with van der Waals surface area (Å²) in [6, 6.07) is 1.90. The summed E-state index contributed by atoms with van der Waals surface area (Å²) in [4.78, 5) is 4.14. The van der Waals surface area contributed by atoms with Crippen LogP contribution in [0.3, 0.4) is 0 Å². The Morgan fingerprint density at radius 3 is 2.75 bits per heavy atom. The van der Waals surface area contributed by atoms with E-state index in [-0.39, 0.29) is 6.04 Å². The van der Waals surface area contributed by atoms with E-state index in [0.29, 0.717) is 0 Å². The molecule has 0 aliphatic heterocycles. The zero-order valence-corrected chi connectivity index (χ0v) is 7.33. The van der Waals surface area contributed by atoms with Crippen molar-refractivity contribution in [3.05, 3.63) is 29.1 Å². The summed E-state index contributed by atoms with van der Waals surface area (Å²) >= 11 is 0. The van der Waals surface area contributed by atoms with E-state index in [1.807, 2.05) is 19.9 Å². The molecule has 1 heterocycles. The van der Waals surface area contributed by atoms with E-state index in [9.17, 15) is 0 Å². The number of hydrogen-bond donors (Lipinski definition) is 1. The van der Waals surface area contributed by atoms with Crippen LogP contribution in [0.15, 0.2) is 12.3 Å². The van der Waals surface area contributed by atoms with Gasteiger partial charge in [0.15, 0.2) is 0 Å². The number of nitrogens with zero attached hydrogens (tertiary/aromatic N) is 1. The van der Waals surface area contributed by atoms with Crippen LogP contribution in [0.5, 0.6) is 0 Å². The van der Waals surface area contributed by atoms with Gasteiger partial charge in [0, 0.05) is 17.8 Å². The van der Waals surface area contributed by atoms with Crippen LogP contribution in [0.2, 0.25) is 0 Å². The number of nitrogens with two attached hydrogens (primary N) is 1. The lowest BCUT2D eigenvalue weighted by Gasteiger charge is -2.05. The lowest BCUT2D eigenvalue weighted by atomic mass is 10.1. The first-order valence-electron chi connectivity index (χ1n) is 3.84. The minimum Gasteiger partial charge on any atom is -0.323 e. The molecule has 2 N–H and O–H groups in total. The third kappa shape index (κ3) is 1.63. The van der Waals surface area contributed by atoms with Gasteiger partial charge in [-0.15, -0.1) is 6.42 Å². The monoisotopic (exact) mass is 160 g/mol. The summed E-state index contributed by atoms with van der Waals surface area (Å²) in [7, 11) is 0. The van der Waals surface area contributed by atoms with Gasteiger partial charge in [-0.3, -0.25) is 4.98 Å². The molecular weight excluding hydrogens is 148 g/mol. The SMILES string of the molecule is C#Cc1cnc(C(C)N)cc1C. The maximum atomic E-state index is 5.66. The van der Waals surface area contributed by atoms with Crippen molar-refractivity contribution >= 4 is 0 Å². The Hall–Kier alpha value is -1.33. The van der Waals surface area contributed by atoms with Crippen molar-refractivity contribution in [3.63, 3.8) is 0 Å². The second-order valence-corrected chi connectivity index (χ2v) is 2.86. The molecular formula is C10H12N2. The van der Waals surface area contributed by atoms with Crippen LogP contribution in [0.1, 0.15) is 29.8 Å². The predicted octanol–water partition coefficient (Wildman–Crippen LogP) is 1.39. The van der Waals surface area contributed by atoms with Crippen molar-refractivity contribution in [3.8, 4) is 12.3 Å². The first kappa shape index (κ1) is 8.76. The third-order valence-electron chi connectivity index (χ3n) is 1.75. The number of aromatic nitrogens is 1. The maximum Gasteiger partial charge on any atom is 0.0571 e. The molecule has 0 saturated carbocycles. The van der Waals surface area contributed by atoms with E-state index < -0.39 is 0 Å². The van der Waals surface area contributed by atoms with E-state index in [0.717, 1.165) is 16.8 Å². The molecule has 0 saturated heterocycles. The third-order valence-corrected chi connectivity index (χ3v) is 1.75. The standard InChI is InChI=1S/C10H12N2/c1-4-9-6-12-10(8(3)11)5-7(9)2/h1,5-6,8H,11H2,2-3H3. The average molecular weight is 160 g/mol. The smallest absolute Gasteiger partial charge is 0.0571 e. The Bertz CT molecular complexity index is 321. The van der Waals surface area contributed by atoms with Crippen LogP contribution in [0.25, 0.3) is 0 Å². The lowest BCUT2D eigenvalue weighted by Crippen LogP contribution is -2.07. The number of aryl methyl sites for hydroxylation is 1. The first-order valence-corrected chi connectivity index (χ1v) is 3.84. The quantitative estimate of drug-likeness (QED) is 0.630. The molecule has 1 aromatic heterocycles. The molecule has 0 aromatic carbocycles. The van der Waals surface area contributed by atoms with Gasteiger partial charge >= 0.3 is 0 Å². The normalized spacial score (nSPS) is 12.2. The van der Waals surface area contributed by atoms with E-state index in [1.165, 1.54) is 0 Å². The highest BCUT2D eigenvalue weighted by molar-refractivity contribution is 5.38. The number of pyridine rings is 1. The average Bonchev–Trinajstić information content (AvgIpc) is 2.04. The molecule has 0 aliphatic rings. The van der Waals surface area contributed by atoms with Gasteiger partial charge < -0.3 is 5.73 Å². The van der Waals surface area contributed by atoms with Crippen LogP contribution in [0.4, 0.5) is 0 Å². The van der Waals surface area contributed by atoms with Gasteiger partial charge in [0.1, 0.15) is 0 Å². The van der Waals surface area contributed by atoms with Gasteiger partial charge in [-0.25, -0.2) is 0 Å². The molecule has 1 unspecified atom stereocenters. The topological polar surface area (TPSA) is 38.9 Å². The van der Waals surface area contributed by atoms with Crippen molar-refractivity contribution in [1.82, 2.24) is 4.98 Å². The lowest BCUT2D eigenvalue weighted by molar-refractivity contribution is 0.779. The van der Waals surface area contributed by atoms with Gasteiger partial charge in [-0.1, -0.05) is 5.92 Å². The van der Waals surface area contributed by atoms with Crippen LogP contribution in [-0.2, 0) is 0 Å². The number of hydrogen-bond acceptors (Lipinski definition) is 2. The van der Waals surface area contributed by atoms with Crippen LogP contribution < -0.4 is 5.73 Å². The second-order valence-electron chi connectivity index (χ2n) is 2.86. The molecule has 2 nitrogen and oxygen atoms in total. The Balaban J connectivity index is 3.12. The van der Waals surface area contributed by atoms with Crippen molar-refractivity contribution in [1.29, 1.82) is 0 Å². The van der Waals surface area contributed by atoms with E-state index in [1.54, 1.807) is 6.20 Å². The van der Waals surface area contributed by atoms with Crippen molar-refractivity contribution in [2.45, 2.75) is 19.9 Å². The predicted molar refractivity (Wildman–Crippen MR) is 49.5 cm³/mol. The first-order chi connectivity index (χ1) is 5.65. The van der Waals surface area contributed by atoms with Crippen molar-refractivity contribution in [2.75, 3.05) is 0 Å². The maximum absolute atomic E-state index is 5.66. The molecule has 0 radical (unpaired) electrons. The van der Waals surface area contributed by atoms with Gasteiger partial charge in [0.2, 0.25) is 0 Å². The highest BCUT2D eigenvalue weighted by Gasteiger charge is 2.02. The summed E-state index contributed by atoms with van der Waals surface area (Å²) in [5.41, 5.74) is 8.43. The van der Waals surface area contributed by atoms with Crippen LogP contribution in [0, 0.1) is 19.3 Å². The Labute approximate surface area is 72.8 Å². The zero-order chi connectivity index (χ0) is 9.14.